The van der Waals surface area contributed by atoms with Crippen molar-refractivity contribution in [2.75, 3.05) is 18.9 Å². The summed E-state index contributed by atoms with van der Waals surface area (Å²) in [6.07, 6.45) is 1.39. The van der Waals surface area contributed by atoms with Gasteiger partial charge in [0.25, 0.3) is 0 Å². The van der Waals surface area contributed by atoms with Crippen LogP contribution >= 0.6 is 8.18 Å². The third kappa shape index (κ3) is 7.02. The Morgan fingerprint density at radius 2 is 2.16 bits per heavy atom. The minimum Gasteiger partial charge on any atom is -0.464 e. The number of aromatic nitrogens is 3. The predicted octanol–water partition coefficient (Wildman–Crippen LogP) is 2.56. The summed E-state index contributed by atoms with van der Waals surface area (Å²) in [5, 5.41) is 27.3. The smallest absolute Gasteiger partial charge is 0.464 e. The SMILES string of the molecule is CCC(CC)COC(=O)[C@H](C)N[P+](=O)OC[C@H]1O[C@@](C#N)(c2ccc3c(N)ncnn23)C[C@@H]1OC(C)(C)O. The monoisotopic (exact) mass is 551 g/mol. The molecule has 2 aromatic heterocycles. The van der Waals surface area contributed by atoms with Gasteiger partial charge in [0.05, 0.1) is 18.4 Å². The first-order valence-electron chi connectivity index (χ1n) is 12.5. The van der Waals surface area contributed by atoms with Crippen LogP contribution in [0, 0.1) is 17.2 Å². The first kappa shape index (κ1) is 29.8. The van der Waals surface area contributed by atoms with Crippen LogP contribution in [0.25, 0.3) is 5.52 Å². The van der Waals surface area contributed by atoms with Gasteiger partial charge in [-0.25, -0.2) is 9.50 Å². The van der Waals surface area contributed by atoms with Crippen LogP contribution in [-0.2, 0) is 33.7 Å². The van der Waals surface area contributed by atoms with E-state index in [1.807, 2.05) is 13.8 Å². The molecule has 5 atom stereocenters. The molecule has 0 amide bonds. The number of ether oxygens (including phenoxy) is 3. The largest absolute Gasteiger partial charge is 0.613 e. The van der Waals surface area contributed by atoms with E-state index in [0.29, 0.717) is 17.8 Å². The Morgan fingerprint density at radius 3 is 2.79 bits per heavy atom. The Balaban J connectivity index is 1.70. The van der Waals surface area contributed by atoms with E-state index in [9.17, 15) is 19.7 Å². The average Bonchev–Trinajstić information content (AvgIpc) is 3.45. The number of esters is 1. The molecule has 1 fully saturated rings. The molecule has 1 aliphatic rings. The fraction of sp³-hybridized carbons (Fsp3) is 0.667. The number of nitrogens with one attached hydrogen (secondary N) is 1. The summed E-state index contributed by atoms with van der Waals surface area (Å²) in [5.41, 5.74) is 5.30. The van der Waals surface area contributed by atoms with Gasteiger partial charge in [0, 0.05) is 6.42 Å². The Hall–Kier alpha value is -2.72. The molecule has 208 valence electrons. The maximum absolute atomic E-state index is 12.6. The van der Waals surface area contributed by atoms with E-state index in [2.05, 4.69) is 21.2 Å². The van der Waals surface area contributed by atoms with Crippen LogP contribution in [0.1, 0.15) is 59.6 Å². The Labute approximate surface area is 222 Å². The van der Waals surface area contributed by atoms with Crippen LogP contribution < -0.4 is 10.8 Å². The second kappa shape index (κ2) is 12.4. The van der Waals surface area contributed by atoms with Gasteiger partial charge in [-0.15, -0.1) is 4.52 Å². The number of nitriles is 1. The van der Waals surface area contributed by atoms with Gasteiger partial charge in [-0.1, -0.05) is 31.8 Å². The molecule has 0 bridgehead atoms. The number of nitrogen functional groups attached to an aromatic ring is 1. The normalized spacial score (nSPS) is 22.9. The molecule has 1 saturated heterocycles. The van der Waals surface area contributed by atoms with Crippen molar-refractivity contribution in [3.8, 4) is 6.07 Å². The lowest BCUT2D eigenvalue weighted by Crippen LogP contribution is -2.37. The highest BCUT2D eigenvalue weighted by Gasteiger charge is 2.52. The summed E-state index contributed by atoms with van der Waals surface area (Å²) in [7, 11) is -2.49. The van der Waals surface area contributed by atoms with Crippen molar-refractivity contribution in [3.63, 3.8) is 0 Å². The summed E-state index contributed by atoms with van der Waals surface area (Å²) >= 11 is 0. The highest BCUT2D eigenvalue weighted by molar-refractivity contribution is 7.36. The number of hydrogen-bond donors (Lipinski definition) is 3. The number of nitrogens with two attached hydrogens (primary N) is 1. The average molecular weight is 552 g/mol. The Morgan fingerprint density at radius 1 is 1.45 bits per heavy atom. The van der Waals surface area contributed by atoms with Crippen molar-refractivity contribution in [2.45, 2.75) is 83.5 Å². The summed E-state index contributed by atoms with van der Waals surface area (Å²) in [5.74, 6) is -1.57. The zero-order valence-corrected chi connectivity index (χ0v) is 23.2. The summed E-state index contributed by atoms with van der Waals surface area (Å²) in [6.45, 7) is 8.54. The predicted molar refractivity (Wildman–Crippen MR) is 137 cm³/mol. The lowest BCUT2D eigenvalue weighted by molar-refractivity contribution is -0.216. The zero-order chi connectivity index (χ0) is 28.1. The van der Waals surface area contributed by atoms with Gasteiger partial charge in [-0.05, 0) is 43.4 Å². The Bertz CT molecular complexity index is 1180. The zero-order valence-electron chi connectivity index (χ0n) is 22.3. The molecule has 0 saturated carbocycles. The molecule has 4 N–H and O–H groups in total. The molecule has 1 aliphatic heterocycles. The Kier molecular flexibility index (Phi) is 9.75. The first-order chi connectivity index (χ1) is 17.9. The highest BCUT2D eigenvalue weighted by atomic mass is 31.1. The standard InChI is InChI=1S/C24H36N6O7P/c1-6-16(7-2)11-34-22(31)15(3)29-38(33)35-12-19-18(36-23(4,5)32)10-24(13-25,37-19)20-9-8-17-21(26)27-14-28-30(17)20/h8-9,14-16,18-19,32H,6-7,10-12H2,1-5H3,(H,29,33)(H2,26,27,28)/q+1/t15-,18-,19+,24-/m0/s1. The van der Waals surface area contributed by atoms with Gasteiger partial charge < -0.3 is 25.1 Å². The van der Waals surface area contributed by atoms with E-state index in [4.69, 9.17) is 24.5 Å². The van der Waals surface area contributed by atoms with E-state index in [1.165, 1.54) is 31.6 Å². The molecular weight excluding hydrogens is 515 g/mol. The molecule has 0 spiro atoms. The van der Waals surface area contributed by atoms with Crippen molar-refractivity contribution in [3.05, 3.63) is 24.2 Å². The van der Waals surface area contributed by atoms with E-state index < -0.39 is 43.8 Å². The molecule has 13 nitrogen and oxygen atoms in total. The molecule has 0 radical (unpaired) electrons. The third-order valence-electron chi connectivity index (χ3n) is 6.40. The topological polar surface area (TPSA) is 183 Å². The van der Waals surface area contributed by atoms with Gasteiger partial charge >= 0.3 is 14.1 Å². The molecule has 0 aromatic carbocycles. The van der Waals surface area contributed by atoms with E-state index >= 15 is 0 Å². The molecule has 0 aliphatic carbocycles. The van der Waals surface area contributed by atoms with Crippen LogP contribution in [0.2, 0.25) is 0 Å². The number of anilines is 1. The van der Waals surface area contributed by atoms with Gasteiger partial charge in [0.1, 0.15) is 36.7 Å². The lowest BCUT2D eigenvalue weighted by Gasteiger charge is -2.25. The van der Waals surface area contributed by atoms with Crippen LogP contribution in [0.4, 0.5) is 5.82 Å². The van der Waals surface area contributed by atoms with Crippen molar-refractivity contribution >= 4 is 25.5 Å². The van der Waals surface area contributed by atoms with Gasteiger partial charge in [0.15, 0.2) is 17.2 Å². The molecule has 14 heteroatoms. The maximum Gasteiger partial charge on any atom is 0.613 e. The number of aliphatic hydroxyl groups is 1. The molecule has 3 heterocycles. The van der Waals surface area contributed by atoms with E-state index in [1.54, 1.807) is 12.1 Å². The van der Waals surface area contributed by atoms with Gasteiger partial charge in [0.2, 0.25) is 0 Å². The van der Waals surface area contributed by atoms with Crippen molar-refractivity contribution < 1.29 is 33.2 Å². The summed E-state index contributed by atoms with van der Waals surface area (Å²) in [4.78, 5) is 16.2. The summed E-state index contributed by atoms with van der Waals surface area (Å²) in [6, 6.07) is 4.66. The first-order valence-corrected chi connectivity index (χ1v) is 13.7. The molecule has 1 unspecified atom stereocenters. The van der Waals surface area contributed by atoms with Crippen molar-refractivity contribution in [1.82, 2.24) is 19.7 Å². The number of hydrogen-bond acceptors (Lipinski definition) is 11. The van der Waals surface area contributed by atoms with Crippen LogP contribution in [0.5, 0.6) is 0 Å². The van der Waals surface area contributed by atoms with E-state index in [-0.39, 0.29) is 24.8 Å². The second-order valence-corrected chi connectivity index (χ2v) is 10.8. The van der Waals surface area contributed by atoms with Gasteiger partial charge in [-0.2, -0.15) is 10.4 Å². The molecule has 3 rings (SSSR count). The number of carbonyl (C=O) groups excluding carboxylic acids is 1. The molecule has 2 aromatic rings. The third-order valence-corrected chi connectivity index (χ3v) is 7.38. The summed E-state index contributed by atoms with van der Waals surface area (Å²) < 4.78 is 36.8. The molecular formula is C24H36N6O7P+. The number of rotatable bonds is 13. The quantitative estimate of drug-likeness (QED) is 0.188. The van der Waals surface area contributed by atoms with Crippen LogP contribution in [0.15, 0.2) is 18.5 Å². The highest BCUT2D eigenvalue weighted by Crippen LogP contribution is 2.42. The van der Waals surface area contributed by atoms with Crippen molar-refractivity contribution in [1.29, 1.82) is 5.26 Å². The van der Waals surface area contributed by atoms with Crippen LogP contribution in [-0.4, -0.2) is 62.9 Å². The lowest BCUT2D eigenvalue weighted by atomic mass is 9.96. The minimum atomic E-state index is -2.49. The maximum atomic E-state index is 12.6. The number of fused-ring (bicyclic) bond motifs is 1. The fourth-order valence-electron chi connectivity index (χ4n) is 4.22. The van der Waals surface area contributed by atoms with Crippen molar-refractivity contribution in [2.24, 2.45) is 5.92 Å². The molecule has 38 heavy (non-hydrogen) atoms. The minimum absolute atomic E-state index is 0.0283. The number of carbonyl (C=O) groups is 1. The van der Waals surface area contributed by atoms with E-state index in [0.717, 1.165) is 12.8 Å². The second-order valence-electron chi connectivity index (χ2n) is 9.78. The van der Waals surface area contributed by atoms with Gasteiger partial charge in [-0.3, -0.25) is 4.79 Å². The fourth-order valence-corrected chi connectivity index (χ4v) is 5.00. The number of nitrogens with zero attached hydrogens (tertiary/aromatic N) is 4. The van der Waals surface area contributed by atoms with Crippen LogP contribution in [0.3, 0.4) is 0 Å².